The van der Waals surface area contributed by atoms with Crippen molar-refractivity contribution in [2.45, 2.75) is 30.2 Å². The molecular weight excluding hydrogens is 390 g/mol. The molecule has 7 nitrogen and oxygen atoms in total. The van der Waals surface area contributed by atoms with Crippen LogP contribution in [0.3, 0.4) is 0 Å². The van der Waals surface area contributed by atoms with Crippen LogP contribution in [-0.4, -0.2) is 56.9 Å². The number of hydrogen-bond donors (Lipinski definition) is 2. The molecule has 1 amide bonds. The molecule has 1 atom stereocenters. The van der Waals surface area contributed by atoms with Crippen LogP contribution in [0.2, 0.25) is 0 Å². The maximum absolute atomic E-state index is 13.9. The highest BCUT2D eigenvalue weighted by Crippen LogP contribution is 2.39. The van der Waals surface area contributed by atoms with Gasteiger partial charge in [0.15, 0.2) is 6.54 Å². The van der Waals surface area contributed by atoms with Crippen LogP contribution in [0.25, 0.3) is 0 Å². The van der Waals surface area contributed by atoms with E-state index in [2.05, 4.69) is 11.4 Å². The van der Waals surface area contributed by atoms with Gasteiger partial charge in [-0.15, -0.1) is 0 Å². The highest BCUT2D eigenvalue weighted by Gasteiger charge is 2.43. The molecule has 0 spiro atoms. The molecule has 1 heterocycles. The molecule has 1 aromatic rings. The molecule has 0 unspecified atom stereocenters. The maximum Gasteiger partial charge on any atom is 0.276 e. The summed E-state index contributed by atoms with van der Waals surface area (Å²) in [4.78, 5) is 12.5. The first kappa shape index (κ1) is 20.6. The topological polar surface area (TPSA) is 94.7 Å². The molecule has 0 bridgehead atoms. The van der Waals surface area contributed by atoms with Gasteiger partial charge >= 0.3 is 0 Å². The molecule has 28 heavy (non-hydrogen) atoms. The van der Waals surface area contributed by atoms with Gasteiger partial charge in [-0.3, -0.25) is 4.79 Å². The summed E-state index contributed by atoms with van der Waals surface area (Å²) in [5.74, 6) is -1.89. The van der Waals surface area contributed by atoms with Crippen LogP contribution < -0.4 is 10.2 Å². The number of carbonyl (C=O) groups excluding carboxylic acids is 1. The van der Waals surface area contributed by atoms with E-state index in [0.29, 0.717) is 19.2 Å². The largest absolute Gasteiger partial charge is 0.333 e. The van der Waals surface area contributed by atoms with Crippen molar-refractivity contribution in [3.8, 4) is 6.07 Å². The van der Waals surface area contributed by atoms with Crippen LogP contribution in [-0.2, 0) is 14.8 Å². The Balaban J connectivity index is 1.58. The summed E-state index contributed by atoms with van der Waals surface area (Å²) >= 11 is 0. The molecule has 3 rings (SSSR count). The Morgan fingerprint density at radius 1 is 1.36 bits per heavy atom. The number of nitriles is 1. The molecule has 0 radical (unpaired) electrons. The van der Waals surface area contributed by atoms with Gasteiger partial charge in [0.05, 0.1) is 32.2 Å². The highest BCUT2D eigenvalue weighted by atomic mass is 32.2. The predicted molar refractivity (Wildman–Crippen MR) is 95.6 cm³/mol. The van der Waals surface area contributed by atoms with E-state index in [1.807, 2.05) is 0 Å². The smallest absolute Gasteiger partial charge is 0.276 e. The number of amides is 1. The summed E-state index contributed by atoms with van der Waals surface area (Å²) in [7, 11) is -4.14. The molecule has 1 aliphatic carbocycles. The van der Waals surface area contributed by atoms with Crippen LogP contribution in [0.1, 0.15) is 19.8 Å². The Bertz CT molecular complexity index is 906. The second-order valence-electron chi connectivity index (χ2n) is 7.54. The van der Waals surface area contributed by atoms with E-state index >= 15 is 0 Å². The maximum atomic E-state index is 13.9. The van der Waals surface area contributed by atoms with Crippen LogP contribution in [0.5, 0.6) is 0 Å². The van der Waals surface area contributed by atoms with E-state index in [4.69, 9.17) is 0 Å². The lowest BCUT2D eigenvalue weighted by Crippen LogP contribution is -3.16. The number of nitrogens with one attached hydrogen (secondary N) is 2. The molecular formula is C18H23F2N4O3S+. The van der Waals surface area contributed by atoms with Gasteiger partial charge in [-0.2, -0.15) is 9.57 Å². The van der Waals surface area contributed by atoms with Gasteiger partial charge in [0.1, 0.15) is 22.1 Å². The zero-order valence-electron chi connectivity index (χ0n) is 15.5. The zero-order valence-corrected chi connectivity index (χ0v) is 16.4. The van der Waals surface area contributed by atoms with Crippen LogP contribution in [0.4, 0.5) is 8.78 Å². The average molecular weight is 413 g/mol. The molecule has 1 saturated heterocycles. The highest BCUT2D eigenvalue weighted by molar-refractivity contribution is 7.89. The fraction of sp³-hybridized carbons (Fsp3) is 0.556. The first-order valence-corrected chi connectivity index (χ1v) is 10.6. The second-order valence-corrected chi connectivity index (χ2v) is 9.45. The van der Waals surface area contributed by atoms with E-state index in [-0.39, 0.29) is 31.5 Å². The number of sulfonamides is 1. The number of hydrogen-bond acceptors (Lipinski definition) is 4. The molecule has 1 saturated carbocycles. The van der Waals surface area contributed by atoms with Gasteiger partial charge in [-0.1, -0.05) is 0 Å². The number of quaternary nitrogens is 1. The summed E-state index contributed by atoms with van der Waals surface area (Å²) in [6.45, 7) is 2.76. The predicted octanol–water partition coefficient (Wildman–Crippen LogP) is -0.338. The molecule has 10 heteroatoms. The SMILES string of the molecule is C[C@](C#N)(NC(=O)C[NH+]1CCN(S(=O)(=O)c2cc(F)ccc2F)CC1)C1CC1. The number of benzene rings is 1. The monoisotopic (exact) mass is 413 g/mol. The van der Waals surface area contributed by atoms with Crippen LogP contribution in [0, 0.1) is 28.9 Å². The van der Waals surface area contributed by atoms with E-state index in [0.717, 1.165) is 34.2 Å². The second kappa shape index (κ2) is 7.73. The average Bonchev–Trinajstić information content (AvgIpc) is 3.49. The standard InChI is InChI=1S/C18H22F2N4O3S/c1-18(12-21,13-2-3-13)22-17(25)11-23-6-8-24(9-7-23)28(26,27)16-10-14(19)4-5-15(16)20/h4-5,10,13H,2-3,6-9,11H2,1H3,(H,22,25)/p+1/t18-/m1/s1. The van der Waals surface area contributed by atoms with Gasteiger partial charge in [0, 0.05) is 0 Å². The third kappa shape index (κ3) is 4.32. The van der Waals surface area contributed by atoms with Gasteiger partial charge in [0.2, 0.25) is 10.0 Å². The fourth-order valence-electron chi connectivity index (χ4n) is 3.48. The minimum absolute atomic E-state index is 0.0963. The van der Waals surface area contributed by atoms with E-state index in [1.54, 1.807) is 6.92 Å². The summed E-state index contributed by atoms with van der Waals surface area (Å²) in [6, 6.07) is 4.51. The Labute approximate surface area is 163 Å². The van der Waals surface area contributed by atoms with Crippen molar-refractivity contribution in [1.29, 1.82) is 5.26 Å². The number of carbonyl (C=O) groups is 1. The van der Waals surface area contributed by atoms with E-state index in [9.17, 15) is 27.3 Å². The fourth-order valence-corrected chi connectivity index (χ4v) is 4.99. The lowest BCUT2D eigenvalue weighted by Gasteiger charge is -2.32. The third-order valence-corrected chi connectivity index (χ3v) is 7.29. The van der Waals surface area contributed by atoms with Crippen molar-refractivity contribution >= 4 is 15.9 Å². The van der Waals surface area contributed by atoms with E-state index in [1.165, 1.54) is 0 Å². The minimum atomic E-state index is -4.14. The number of nitrogens with zero attached hydrogens (tertiary/aromatic N) is 2. The number of rotatable bonds is 6. The first-order chi connectivity index (χ1) is 13.2. The minimum Gasteiger partial charge on any atom is -0.333 e. The third-order valence-electron chi connectivity index (χ3n) is 5.38. The normalized spacial score (nSPS) is 20.9. The Kier molecular flexibility index (Phi) is 5.70. The summed E-state index contributed by atoms with van der Waals surface area (Å²) < 4.78 is 53.5. The molecule has 1 aliphatic heterocycles. The van der Waals surface area contributed by atoms with Crippen molar-refractivity contribution in [2.75, 3.05) is 32.7 Å². The lowest BCUT2D eigenvalue weighted by atomic mass is 9.98. The van der Waals surface area contributed by atoms with Crippen molar-refractivity contribution < 1.29 is 26.9 Å². The molecule has 2 fully saturated rings. The van der Waals surface area contributed by atoms with Crippen molar-refractivity contribution in [2.24, 2.45) is 5.92 Å². The van der Waals surface area contributed by atoms with Crippen molar-refractivity contribution in [3.05, 3.63) is 29.8 Å². The van der Waals surface area contributed by atoms with Crippen molar-refractivity contribution in [3.63, 3.8) is 0 Å². The number of halogens is 2. The molecule has 2 N–H and O–H groups in total. The quantitative estimate of drug-likeness (QED) is 0.667. The van der Waals surface area contributed by atoms with Gasteiger partial charge in [0.25, 0.3) is 5.91 Å². The Hall–Kier alpha value is -2.09. The van der Waals surface area contributed by atoms with E-state index < -0.39 is 32.1 Å². The summed E-state index contributed by atoms with van der Waals surface area (Å²) in [5, 5.41) is 12.1. The Morgan fingerprint density at radius 2 is 2.00 bits per heavy atom. The molecule has 2 aliphatic rings. The van der Waals surface area contributed by atoms with Crippen LogP contribution in [0.15, 0.2) is 23.1 Å². The first-order valence-electron chi connectivity index (χ1n) is 9.17. The zero-order chi connectivity index (χ0) is 20.5. The molecule has 0 aromatic heterocycles. The number of piperazine rings is 1. The van der Waals surface area contributed by atoms with Crippen molar-refractivity contribution in [1.82, 2.24) is 9.62 Å². The Morgan fingerprint density at radius 3 is 2.57 bits per heavy atom. The molecule has 1 aromatic carbocycles. The van der Waals surface area contributed by atoms with Gasteiger partial charge in [-0.25, -0.2) is 17.2 Å². The van der Waals surface area contributed by atoms with Gasteiger partial charge in [-0.05, 0) is 43.9 Å². The van der Waals surface area contributed by atoms with Gasteiger partial charge < -0.3 is 10.2 Å². The molecule has 152 valence electrons. The summed E-state index contributed by atoms with van der Waals surface area (Å²) in [5.41, 5.74) is -0.864. The summed E-state index contributed by atoms with van der Waals surface area (Å²) in [6.07, 6.45) is 1.84. The lowest BCUT2D eigenvalue weighted by molar-refractivity contribution is -0.895. The van der Waals surface area contributed by atoms with Crippen LogP contribution >= 0.6 is 0 Å².